The Labute approximate surface area is 118 Å². The number of aromatic hydroxyl groups is 2. The first-order chi connectivity index (χ1) is 8.97. The van der Waals surface area contributed by atoms with Crippen LogP contribution < -0.4 is 0 Å². The molecule has 0 aliphatic rings. The summed E-state index contributed by atoms with van der Waals surface area (Å²) in [5.74, 6) is -0.406. The van der Waals surface area contributed by atoms with Crippen molar-refractivity contribution in [3.05, 3.63) is 32.9 Å². The van der Waals surface area contributed by atoms with Gasteiger partial charge in [0.1, 0.15) is 23.4 Å². The molecule has 8 nitrogen and oxygen atoms in total. The molecule has 19 heavy (non-hydrogen) atoms. The Morgan fingerprint density at radius 1 is 1.32 bits per heavy atom. The monoisotopic (exact) mass is 344 g/mol. The molecule has 0 unspecified atom stereocenters. The molecule has 1 heterocycles. The zero-order valence-electron chi connectivity index (χ0n) is 9.02. The first-order valence-corrected chi connectivity index (χ1v) is 6.32. The number of halogens is 1. The number of phenolic OH excluding ortho intramolecular Hbond substituents is 2. The van der Waals surface area contributed by atoms with Crippen LogP contribution >= 0.6 is 27.3 Å². The molecule has 2 aromatic rings. The van der Waals surface area contributed by atoms with Crippen molar-refractivity contribution in [3.63, 3.8) is 0 Å². The van der Waals surface area contributed by atoms with Gasteiger partial charge in [-0.2, -0.15) is 0 Å². The summed E-state index contributed by atoms with van der Waals surface area (Å²) in [6, 6.07) is 2.46. The fourth-order valence-electron chi connectivity index (χ4n) is 1.10. The van der Waals surface area contributed by atoms with E-state index in [1.165, 1.54) is 6.07 Å². The zero-order valence-corrected chi connectivity index (χ0v) is 11.4. The Hall–Kier alpha value is -2.07. The minimum absolute atomic E-state index is 0.0929. The number of azo groups is 1. The topological polar surface area (TPSA) is 121 Å². The quantitative estimate of drug-likeness (QED) is 0.500. The highest BCUT2D eigenvalue weighted by atomic mass is 79.9. The maximum atomic E-state index is 10.5. The molecule has 0 amide bonds. The first kappa shape index (κ1) is 13.4. The summed E-state index contributed by atoms with van der Waals surface area (Å²) in [7, 11) is 0. The van der Waals surface area contributed by atoms with E-state index >= 15 is 0 Å². The summed E-state index contributed by atoms with van der Waals surface area (Å²) in [6.45, 7) is 0. The normalized spacial score (nSPS) is 11.0. The van der Waals surface area contributed by atoms with E-state index in [1.54, 1.807) is 0 Å². The zero-order chi connectivity index (χ0) is 14.0. The Balaban J connectivity index is 2.27. The highest BCUT2D eigenvalue weighted by Gasteiger charge is 2.11. The second kappa shape index (κ2) is 5.28. The van der Waals surface area contributed by atoms with Crippen molar-refractivity contribution in [2.75, 3.05) is 0 Å². The lowest BCUT2D eigenvalue weighted by Gasteiger charge is -2.00. The lowest BCUT2D eigenvalue weighted by Crippen LogP contribution is -1.80. The predicted octanol–water partition coefficient (Wildman–Crippen LogP) is 3.64. The van der Waals surface area contributed by atoms with Crippen LogP contribution in [-0.4, -0.2) is 20.1 Å². The molecule has 0 fully saturated rings. The van der Waals surface area contributed by atoms with Gasteiger partial charge in [-0.3, -0.25) is 10.1 Å². The van der Waals surface area contributed by atoms with Gasteiger partial charge in [0.05, 0.1) is 9.40 Å². The molecule has 0 bridgehead atoms. The number of aromatic nitrogens is 1. The number of benzene rings is 1. The molecule has 0 spiro atoms. The number of thiazole rings is 1. The summed E-state index contributed by atoms with van der Waals surface area (Å²) < 4.78 is 0.337. The van der Waals surface area contributed by atoms with Crippen molar-refractivity contribution >= 4 is 43.1 Å². The van der Waals surface area contributed by atoms with Crippen LogP contribution in [-0.2, 0) is 0 Å². The van der Waals surface area contributed by atoms with E-state index in [4.69, 9.17) is 0 Å². The van der Waals surface area contributed by atoms with Gasteiger partial charge in [0.25, 0.3) is 0 Å². The third-order valence-corrected chi connectivity index (χ3v) is 3.42. The van der Waals surface area contributed by atoms with E-state index in [0.717, 1.165) is 23.6 Å². The van der Waals surface area contributed by atoms with Gasteiger partial charge in [0.2, 0.25) is 5.13 Å². The van der Waals surface area contributed by atoms with E-state index in [0.29, 0.717) is 4.47 Å². The second-order valence-electron chi connectivity index (χ2n) is 3.23. The van der Waals surface area contributed by atoms with Gasteiger partial charge in [-0.15, -0.1) is 10.2 Å². The molecule has 0 aliphatic carbocycles. The average molecular weight is 345 g/mol. The summed E-state index contributed by atoms with van der Waals surface area (Å²) in [5, 5.41) is 36.6. The van der Waals surface area contributed by atoms with E-state index in [9.17, 15) is 20.3 Å². The van der Waals surface area contributed by atoms with Crippen molar-refractivity contribution in [3.8, 4) is 11.5 Å². The van der Waals surface area contributed by atoms with E-state index in [-0.39, 0.29) is 27.3 Å². The highest BCUT2D eigenvalue weighted by Crippen LogP contribution is 2.37. The molecule has 1 aromatic heterocycles. The van der Waals surface area contributed by atoms with Crippen molar-refractivity contribution in [2.45, 2.75) is 0 Å². The molecular formula is C9H5BrN4O4S. The Bertz CT molecular complexity index is 672. The van der Waals surface area contributed by atoms with Gasteiger partial charge in [-0.25, -0.2) is 4.98 Å². The molecule has 0 saturated heterocycles. The fourth-order valence-corrected chi connectivity index (χ4v) is 1.99. The number of nitrogens with zero attached hydrogens (tertiary/aromatic N) is 4. The lowest BCUT2D eigenvalue weighted by atomic mass is 10.3. The molecule has 0 aliphatic heterocycles. The molecule has 10 heteroatoms. The average Bonchev–Trinajstić information content (AvgIpc) is 2.81. The largest absolute Gasteiger partial charge is 0.507 e. The van der Waals surface area contributed by atoms with Crippen LogP contribution in [0.5, 0.6) is 11.5 Å². The number of phenols is 2. The van der Waals surface area contributed by atoms with Crippen molar-refractivity contribution in [1.82, 2.24) is 4.98 Å². The van der Waals surface area contributed by atoms with Gasteiger partial charge in [0, 0.05) is 6.07 Å². The van der Waals surface area contributed by atoms with Gasteiger partial charge in [0.15, 0.2) is 0 Å². The lowest BCUT2D eigenvalue weighted by molar-refractivity contribution is -0.380. The summed E-state index contributed by atoms with van der Waals surface area (Å²) in [4.78, 5) is 13.6. The number of nitro groups is 1. The van der Waals surface area contributed by atoms with E-state index < -0.39 is 4.92 Å². The van der Waals surface area contributed by atoms with Gasteiger partial charge < -0.3 is 10.2 Å². The van der Waals surface area contributed by atoms with Gasteiger partial charge in [-0.05, 0) is 33.3 Å². The SMILES string of the molecule is O=[N+]([O-])c1cnc(N=Nc2cc(Br)c(O)cc2O)s1. The summed E-state index contributed by atoms with van der Waals surface area (Å²) >= 11 is 3.82. The van der Waals surface area contributed by atoms with E-state index in [2.05, 4.69) is 31.1 Å². The molecule has 98 valence electrons. The molecule has 0 atom stereocenters. The molecule has 2 rings (SSSR count). The molecule has 1 aromatic carbocycles. The number of rotatable bonds is 3. The number of hydrogen-bond acceptors (Lipinski definition) is 8. The van der Waals surface area contributed by atoms with Gasteiger partial charge >= 0.3 is 5.00 Å². The minimum Gasteiger partial charge on any atom is -0.507 e. The summed E-state index contributed by atoms with van der Waals surface area (Å²) in [6.07, 6.45) is 1.08. The Morgan fingerprint density at radius 3 is 2.68 bits per heavy atom. The molecule has 0 saturated carbocycles. The van der Waals surface area contributed by atoms with Crippen LogP contribution in [0.4, 0.5) is 15.8 Å². The molecule has 2 N–H and O–H groups in total. The second-order valence-corrected chi connectivity index (χ2v) is 5.07. The Morgan fingerprint density at radius 2 is 2.05 bits per heavy atom. The van der Waals surface area contributed by atoms with Crippen molar-refractivity contribution in [2.24, 2.45) is 10.2 Å². The molecule has 0 radical (unpaired) electrons. The fraction of sp³-hybridized carbons (Fsp3) is 0. The Kier molecular flexibility index (Phi) is 3.71. The van der Waals surface area contributed by atoms with E-state index in [1.807, 2.05) is 0 Å². The third kappa shape index (κ3) is 3.03. The van der Waals surface area contributed by atoms with Crippen LogP contribution in [0.15, 0.2) is 33.0 Å². The van der Waals surface area contributed by atoms with Crippen LogP contribution in [0.25, 0.3) is 0 Å². The molecular weight excluding hydrogens is 340 g/mol. The van der Waals surface area contributed by atoms with Crippen LogP contribution in [0.2, 0.25) is 0 Å². The maximum absolute atomic E-state index is 10.5. The third-order valence-electron chi connectivity index (χ3n) is 1.95. The smallest absolute Gasteiger partial charge is 0.345 e. The standard InChI is InChI=1S/C9H5BrN4O4S/c10-4-1-5(7(16)2-6(4)15)12-13-9-11-3-8(19-9)14(17)18/h1-3,15-16H. The highest BCUT2D eigenvalue weighted by molar-refractivity contribution is 9.10. The van der Waals surface area contributed by atoms with Crippen LogP contribution in [0, 0.1) is 10.1 Å². The van der Waals surface area contributed by atoms with Crippen molar-refractivity contribution in [1.29, 1.82) is 0 Å². The van der Waals surface area contributed by atoms with Crippen LogP contribution in [0.1, 0.15) is 0 Å². The summed E-state index contributed by atoms with van der Waals surface area (Å²) in [5.41, 5.74) is 0.0996. The first-order valence-electron chi connectivity index (χ1n) is 4.71. The van der Waals surface area contributed by atoms with Gasteiger partial charge in [-0.1, -0.05) is 0 Å². The van der Waals surface area contributed by atoms with Crippen molar-refractivity contribution < 1.29 is 15.1 Å². The van der Waals surface area contributed by atoms with Crippen LogP contribution in [0.3, 0.4) is 0 Å². The minimum atomic E-state index is -0.578. The predicted molar refractivity (Wildman–Crippen MR) is 70.4 cm³/mol. The maximum Gasteiger partial charge on any atom is 0.345 e. The number of hydrogen-bond donors (Lipinski definition) is 2.